The van der Waals surface area contributed by atoms with Crippen molar-refractivity contribution < 1.29 is 13.9 Å². The van der Waals surface area contributed by atoms with E-state index in [2.05, 4.69) is 45.1 Å². The van der Waals surface area contributed by atoms with Crippen LogP contribution in [0.25, 0.3) is 0 Å². The molecule has 1 amide bonds. The van der Waals surface area contributed by atoms with Crippen LogP contribution in [0.2, 0.25) is 0 Å². The van der Waals surface area contributed by atoms with E-state index in [-0.39, 0.29) is 23.7 Å². The summed E-state index contributed by atoms with van der Waals surface area (Å²) in [7, 11) is 0. The first-order valence-electron chi connectivity index (χ1n) is 9.57. The number of furan rings is 1. The monoisotopic (exact) mass is 377 g/mol. The summed E-state index contributed by atoms with van der Waals surface area (Å²) in [4.78, 5) is 12.3. The average Bonchev–Trinajstić information content (AvgIpc) is 3.16. The van der Waals surface area contributed by atoms with E-state index in [9.17, 15) is 4.79 Å². The first kappa shape index (κ1) is 19.7. The predicted octanol–water partition coefficient (Wildman–Crippen LogP) is 5.97. The number of ether oxygens (including phenoxy) is 1. The molecule has 28 heavy (non-hydrogen) atoms. The molecule has 2 aromatic carbocycles. The molecule has 0 spiro atoms. The molecule has 0 aliphatic heterocycles. The van der Waals surface area contributed by atoms with Gasteiger partial charge in [0.05, 0.1) is 0 Å². The lowest BCUT2D eigenvalue weighted by atomic mass is 9.87. The summed E-state index contributed by atoms with van der Waals surface area (Å²) in [5.74, 6) is 1.36. The Morgan fingerprint density at radius 2 is 1.64 bits per heavy atom. The van der Waals surface area contributed by atoms with Gasteiger partial charge >= 0.3 is 0 Å². The van der Waals surface area contributed by atoms with Gasteiger partial charge in [-0.1, -0.05) is 52.0 Å². The van der Waals surface area contributed by atoms with E-state index < -0.39 is 0 Å². The molecule has 1 aromatic heterocycles. The fourth-order valence-corrected chi connectivity index (χ4v) is 2.80. The Hall–Kier alpha value is -3.01. The number of nitrogens with one attached hydrogen (secondary N) is 1. The Kier molecular flexibility index (Phi) is 5.88. The van der Waals surface area contributed by atoms with E-state index in [4.69, 9.17) is 9.15 Å². The molecule has 3 rings (SSSR count). The molecule has 0 saturated carbocycles. The number of aryl methyl sites for hydroxylation is 1. The number of hydrogen-bond acceptors (Lipinski definition) is 3. The lowest BCUT2D eigenvalue weighted by Crippen LogP contribution is -2.11. The highest BCUT2D eigenvalue weighted by atomic mass is 16.5. The zero-order valence-corrected chi connectivity index (χ0v) is 16.9. The van der Waals surface area contributed by atoms with Crippen LogP contribution in [0.15, 0.2) is 65.1 Å². The van der Waals surface area contributed by atoms with E-state index in [0.717, 1.165) is 17.9 Å². The number of carbonyl (C=O) groups excluding carboxylic acids is 1. The summed E-state index contributed by atoms with van der Waals surface area (Å²) in [5, 5.41) is 2.84. The van der Waals surface area contributed by atoms with Crippen molar-refractivity contribution in [3.05, 3.63) is 83.3 Å². The van der Waals surface area contributed by atoms with Crippen LogP contribution in [0.4, 0.5) is 5.69 Å². The summed E-state index contributed by atoms with van der Waals surface area (Å²) >= 11 is 0. The summed E-state index contributed by atoms with van der Waals surface area (Å²) in [6, 6.07) is 19.3. The van der Waals surface area contributed by atoms with Crippen molar-refractivity contribution in [2.24, 2.45) is 0 Å². The van der Waals surface area contributed by atoms with Crippen molar-refractivity contribution in [2.45, 2.75) is 46.1 Å². The summed E-state index contributed by atoms with van der Waals surface area (Å²) in [6.07, 6.45) is 0.967. The maximum Gasteiger partial charge on any atom is 0.291 e. The average molecular weight is 377 g/mol. The number of anilines is 1. The highest BCUT2D eigenvalue weighted by Crippen LogP contribution is 2.24. The molecule has 1 N–H and O–H groups in total. The predicted molar refractivity (Wildman–Crippen MR) is 112 cm³/mol. The molecule has 4 heteroatoms. The normalized spacial score (nSPS) is 11.3. The Bertz CT molecular complexity index is 916. The molecule has 0 aliphatic carbocycles. The van der Waals surface area contributed by atoms with Crippen LogP contribution in [0.5, 0.6) is 5.75 Å². The molecule has 4 nitrogen and oxygen atoms in total. The van der Waals surface area contributed by atoms with Gasteiger partial charge < -0.3 is 14.5 Å². The van der Waals surface area contributed by atoms with Crippen LogP contribution in [0, 0.1) is 0 Å². The van der Waals surface area contributed by atoms with Gasteiger partial charge in [0.2, 0.25) is 0 Å². The molecule has 0 fully saturated rings. The lowest BCUT2D eigenvalue weighted by molar-refractivity contribution is 0.0992. The van der Waals surface area contributed by atoms with Gasteiger partial charge in [-0.2, -0.15) is 0 Å². The van der Waals surface area contributed by atoms with Crippen molar-refractivity contribution in [1.82, 2.24) is 0 Å². The van der Waals surface area contributed by atoms with Gasteiger partial charge in [-0.3, -0.25) is 4.79 Å². The van der Waals surface area contributed by atoms with Gasteiger partial charge in [0.1, 0.15) is 18.1 Å². The molecular weight excluding hydrogens is 350 g/mol. The second kappa shape index (κ2) is 8.34. The molecule has 0 bridgehead atoms. The van der Waals surface area contributed by atoms with E-state index in [1.54, 1.807) is 12.1 Å². The fraction of sp³-hybridized carbons (Fsp3) is 0.292. The first-order chi connectivity index (χ1) is 13.3. The molecule has 0 saturated heterocycles. The highest BCUT2D eigenvalue weighted by molar-refractivity contribution is 6.02. The van der Waals surface area contributed by atoms with Crippen LogP contribution in [0.1, 0.15) is 55.1 Å². The van der Waals surface area contributed by atoms with Crippen LogP contribution in [-0.4, -0.2) is 5.91 Å². The number of rotatable bonds is 6. The summed E-state index contributed by atoms with van der Waals surface area (Å²) in [5.41, 5.74) is 3.34. The molecule has 0 aliphatic rings. The fourth-order valence-electron chi connectivity index (χ4n) is 2.80. The maximum absolute atomic E-state index is 12.3. The summed E-state index contributed by atoms with van der Waals surface area (Å²) < 4.78 is 11.4. The molecule has 0 radical (unpaired) electrons. The minimum Gasteiger partial charge on any atom is -0.486 e. The minimum atomic E-state index is -0.273. The molecule has 146 valence electrons. The van der Waals surface area contributed by atoms with Crippen molar-refractivity contribution in [3.63, 3.8) is 0 Å². The highest BCUT2D eigenvalue weighted by Gasteiger charge is 2.14. The van der Waals surface area contributed by atoms with E-state index in [1.807, 2.05) is 36.4 Å². The smallest absolute Gasteiger partial charge is 0.291 e. The largest absolute Gasteiger partial charge is 0.486 e. The van der Waals surface area contributed by atoms with Gasteiger partial charge in [-0.25, -0.2) is 0 Å². The topological polar surface area (TPSA) is 51.5 Å². The number of carbonyl (C=O) groups is 1. The van der Waals surface area contributed by atoms with Gasteiger partial charge in [-0.15, -0.1) is 0 Å². The Labute approximate surface area is 166 Å². The molecule has 1 heterocycles. The second-order valence-corrected chi connectivity index (χ2v) is 7.83. The van der Waals surface area contributed by atoms with Crippen molar-refractivity contribution in [1.29, 1.82) is 0 Å². The second-order valence-electron chi connectivity index (χ2n) is 7.83. The first-order valence-corrected chi connectivity index (χ1v) is 9.57. The van der Waals surface area contributed by atoms with E-state index >= 15 is 0 Å². The van der Waals surface area contributed by atoms with Crippen LogP contribution >= 0.6 is 0 Å². The third-order valence-electron chi connectivity index (χ3n) is 4.61. The number of benzene rings is 2. The Morgan fingerprint density at radius 1 is 0.964 bits per heavy atom. The zero-order chi connectivity index (χ0) is 20.1. The number of hydrogen-bond donors (Lipinski definition) is 1. The minimum absolute atomic E-state index is 0.110. The third-order valence-corrected chi connectivity index (χ3v) is 4.61. The zero-order valence-electron chi connectivity index (χ0n) is 16.9. The lowest BCUT2D eigenvalue weighted by Gasteiger charge is -2.19. The van der Waals surface area contributed by atoms with Gasteiger partial charge in [0.25, 0.3) is 5.91 Å². The van der Waals surface area contributed by atoms with Gasteiger partial charge in [-0.05, 0) is 59.4 Å². The third kappa shape index (κ3) is 5.03. The van der Waals surface area contributed by atoms with Crippen LogP contribution < -0.4 is 10.1 Å². The maximum atomic E-state index is 12.3. The van der Waals surface area contributed by atoms with Gasteiger partial charge in [0, 0.05) is 5.69 Å². The standard InChI is InChI=1S/C24H27NO3/c1-5-17-6-10-19(11-7-17)25-23(26)22-15-14-21(28-22)16-27-20-12-8-18(9-13-20)24(2,3)4/h6-15H,5,16H2,1-4H3,(H,25,26). The van der Waals surface area contributed by atoms with Crippen molar-refractivity contribution >= 4 is 11.6 Å². The Morgan fingerprint density at radius 3 is 2.25 bits per heavy atom. The molecular formula is C24H27NO3. The molecule has 0 unspecified atom stereocenters. The Balaban J connectivity index is 1.56. The van der Waals surface area contributed by atoms with Crippen LogP contribution in [-0.2, 0) is 18.4 Å². The van der Waals surface area contributed by atoms with E-state index in [0.29, 0.717) is 5.76 Å². The van der Waals surface area contributed by atoms with E-state index in [1.165, 1.54) is 11.1 Å². The van der Waals surface area contributed by atoms with Crippen molar-refractivity contribution in [2.75, 3.05) is 5.32 Å². The quantitative estimate of drug-likeness (QED) is 0.576. The van der Waals surface area contributed by atoms with Crippen molar-refractivity contribution in [3.8, 4) is 5.75 Å². The van der Waals surface area contributed by atoms with Gasteiger partial charge in [0.15, 0.2) is 5.76 Å². The molecule has 0 atom stereocenters. The number of amides is 1. The SMILES string of the molecule is CCc1ccc(NC(=O)c2ccc(COc3ccc(C(C)(C)C)cc3)o2)cc1. The summed E-state index contributed by atoms with van der Waals surface area (Å²) in [6.45, 7) is 8.90. The van der Waals surface area contributed by atoms with Crippen LogP contribution in [0.3, 0.4) is 0 Å². The molecule has 3 aromatic rings.